The van der Waals surface area contributed by atoms with Gasteiger partial charge in [0.05, 0.1) is 25.4 Å². The number of hydrogen-bond donors (Lipinski definition) is 1. The molecule has 2 bridgehead atoms. The molecule has 1 saturated heterocycles. The summed E-state index contributed by atoms with van der Waals surface area (Å²) in [4.78, 5) is 18.6. The Bertz CT molecular complexity index is 676. The summed E-state index contributed by atoms with van der Waals surface area (Å²) in [5, 5.41) is 6.63. The smallest absolute Gasteiger partial charge is 0.272 e. The number of carbonyl (C=O) groups excluding carboxylic acids is 1. The van der Waals surface area contributed by atoms with E-state index in [-0.39, 0.29) is 24.2 Å². The average molecular weight is 328 g/mol. The highest BCUT2D eigenvalue weighted by Gasteiger charge is 2.45. The van der Waals surface area contributed by atoms with Crippen LogP contribution in [0, 0.1) is 0 Å². The molecule has 2 aromatic rings. The van der Waals surface area contributed by atoms with Crippen LogP contribution in [0.3, 0.4) is 0 Å². The summed E-state index contributed by atoms with van der Waals surface area (Å²) in [6, 6.07) is 5.61. The molecule has 1 aliphatic heterocycles. The first kappa shape index (κ1) is 15.3. The Morgan fingerprint density at radius 3 is 2.96 bits per heavy atom. The van der Waals surface area contributed by atoms with Crippen LogP contribution in [0.5, 0.6) is 0 Å². The molecule has 24 heavy (non-hydrogen) atoms. The Balaban J connectivity index is 1.50. The first-order valence-corrected chi connectivity index (χ1v) is 8.25. The van der Waals surface area contributed by atoms with Crippen LogP contribution in [-0.4, -0.2) is 57.4 Å². The largest absolute Gasteiger partial charge is 0.374 e. The van der Waals surface area contributed by atoms with Crippen LogP contribution >= 0.6 is 0 Å². The molecule has 2 fully saturated rings. The molecular formula is C17H20N4O3. The van der Waals surface area contributed by atoms with Crippen molar-refractivity contribution < 1.29 is 14.3 Å². The van der Waals surface area contributed by atoms with Crippen LogP contribution in [0.1, 0.15) is 28.9 Å². The summed E-state index contributed by atoms with van der Waals surface area (Å²) >= 11 is 0. The fourth-order valence-corrected chi connectivity index (χ4v) is 3.56. The SMILES string of the molecule is O=C(c1ccn[nH]1)N1CCOC2CCC1C2OCc1ccncc1. The van der Waals surface area contributed by atoms with E-state index >= 15 is 0 Å². The van der Waals surface area contributed by atoms with Crippen LogP contribution in [0.4, 0.5) is 0 Å². The summed E-state index contributed by atoms with van der Waals surface area (Å²) in [5.41, 5.74) is 1.58. The van der Waals surface area contributed by atoms with Gasteiger partial charge in [-0.05, 0) is 36.6 Å². The quantitative estimate of drug-likeness (QED) is 0.917. The van der Waals surface area contributed by atoms with Gasteiger partial charge in [-0.3, -0.25) is 14.9 Å². The predicted molar refractivity (Wildman–Crippen MR) is 85.2 cm³/mol. The van der Waals surface area contributed by atoms with Crippen molar-refractivity contribution in [2.45, 2.75) is 37.7 Å². The monoisotopic (exact) mass is 328 g/mol. The van der Waals surface area contributed by atoms with Crippen molar-refractivity contribution in [3.05, 3.63) is 48.0 Å². The van der Waals surface area contributed by atoms with Crippen molar-refractivity contribution in [1.29, 1.82) is 0 Å². The van der Waals surface area contributed by atoms with Crippen molar-refractivity contribution >= 4 is 5.91 Å². The second kappa shape index (κ2) is 6.70. The molecular weight excluding hydrogens is 308 g/mol. The number of aromatic nitrogens is 3. The molecule has 1 aliphatic carbocycles. The first-order valence-electron chi connectivity index (χ1n) is 8.25. The Morgan fingerprint density at radius 1 is 1.29 bits per heavy atom. The third-order valence-corrected chi connectivity index (χ3v) is 4.74. The van der Waals surface area contributed by atoms with Crippen LogP contribution in [-0.2, 0) is 16.1 Å². The van der Waals surface area contributed by atoms with Gasteiger partial charge in [0, 0.05) is 25.1 Å². The maximum absolute atomic E-state index is 12.8. The molecule has 0 radical (unpaired) electrons. The van der Waals surface area contributed by atoms with E-state index in [0.717, 1.165) is 18.4 Å². The molecule has 2 aromatic heterocycles. The van der Waals surface area contributed by atoms with E-state index in [2.05, 4.69) is 15.2 Å². The fraction of sp³-hybridized carbons (Fsp3) is 0.471. The summed E-state index contributed by atoms with van der Waals surface area (Å²) < 4.78 is 12.1. The Hall–Kier alpha value is -2.25. The molecule has 7 heteroatoms. The molecule has 1 saturated carbocycles. The van der Waals surface area contributed by atoms with E-state index in [4.69, 9.17) is 9.47 Å². The molecule has 0 aromatic carbocycles. The van der Waals surface area contributed by atoms with Crippen molar-refractivity contribution in [3.63, 3.8) is 0 Å². The number of fused-ring (bicyclic) bond motifs is 2. The summed E-state index contributed by atoms with van der Waals surface area (Å²) in [5.74, 6) is -0.0406. The second-order valence-corrected chi connectivity index (χ2v) is 6.15. The van der Waals surface area contributed by atoms with Crippen molar-refractivity contribution in [1.82, 2.24) is 20.1 Å². The highest BCUT2D eigenvalue weighted by atomic mass is 16.5. The van der Waals surface area contributed by atoms with Crippen molar-refractivity contribution in [2.75, 3.05) is 13.2 Å². The lowest BCUT2D eigenvalue weighted by Crippen LogP contribution is -2.46. The molecule has 3 heterocycles. The van der Waals surface area contributed by atoms with Gasteiger partial charge in [0.25, 0.3) is 5.91 Å². The number of hydrogen-bond acceptors (Lipinski definition) is 5. The standard InChI is InChI=1S/C17H20N4O3/c22-17(13-5-8-19-20-13)21-9-10-23-15-2-1-14(21)16(15)24-11-12-3-6-18-7-4-12/h3-8,14-16H,1-2,9-11H2,(H,19,20). The van der Waals surface area contributed by atoms with Gasteiger partial charge in [-0.15, -0.1) is 0 Å². The summed E-state index contributed by atoms with van der Waals surface area (Å²) in [6.45, 7) is 1.61. The van der Waals surface area contributed by atoms with E-state index in [1.54, 1.807) is 24.7 Å². The van der Waals surface area contributed by atoms with Gasteiger partial charge >= 0.3 is 0 Å². The number of aromatic amines is 1. The van der Waals surface area contributed by atoms with E-state index < -0.39 is 0 Å². The van der Waals surface area contributed by atoms with Crippen LogP contribution in [0.25, 0.3) is 0 Å². The van der Waals surface area contributed by atoms with Crippen LogP contribution in [0.2, 0.25) is 0 Å². The highest BCUT2D eigenvalue weighted by Crippen LogP contribution is 2.33. The highest BCUT2D eigenvalue weighted by molar-refractivity contribution is 5.92. The second-order valence-electron chi connectivity index (χ2n) is 6.15. The lowest BCUT2D eigenvalue weighted by atomic mass is 10.1. The number of amides is 1. The van der Waals surface area contributed by atoms with E-state index in [1.807, 2.05) is 17.0 Å². The molecule has 126 valence electrons. The molecule has 1 amide bonds. The van der Waals surface area contributed by atoms with Gasteiger partial charge in [-0.1, -0.05) is 0 Å². The minimum absolute atomic E-state index is 0.0372. The summed E-state index contributed by atoms with van der Waals surface area (Å²) in [7, 11) is 0. The van der Waals surface area contributed by atoms with Crippen LogP contribution < -0.4 is 0 Å². The number of pyridine rings is 1. The van der Waals surface area contributed by atoms with Crippen molar-refractivity contribution in [3.8, 4) is 0 Å². The van der Waals surface area contributed by atoms with E-state index in [0.29, 0.717) is 25.5 Å². The number of ether oxygens (including phenoxy) is 2. The predicted octanol–water partition coefficient (Wildman–Crippen LogP) is 1.39. The van der Waals surface area contributed by atoms with Gasteiger partial charge in [-0.2, -0.15) is 5.10 Å². The third-order valence-electron chi connectivity index (χ3n) is 4.74. The molecule has 2 aliphatic rings. The van der Waals surface area contributed by atoms with Gasteiger partial charge in [0.15, 0.2) is 0 Å². The Kier molecular flexibility index (Phi) is 4.27. The molecule has 0 spiro atoms. The topological polar surface area (TPSA) is 80.3 Å². The van der Waals surface area contributed by atoms with E-state index in [9.17, 15) is 4.79 Å². The normalized spacial score (nSPS) is 26.3. The molecule has 3 atom stereocenters. The van der Waals surface area contributed by atoms with Gasteiger partial charge < -0.3 is 14.4 Å². The lowest BCUT2D eigenvalue weighted by molar-refractivity contribution is -0.0598. The van der Waals surface area contributed by atoms with E-state index in [1.165, 1.54) is 0 Å². The zero-order valence-corrected chi connectivity index (χ0v) is 13.3. The fourth-order valence-electron chi connectivity index (χ4n) is 3.56. The number of carbonyl (C=O) groups is 1. The number of nitrogens with one attached hydrogen (secondary N) is 1. The lowest BCUT2D eigenvalue weighted by Gasteiger charge is -2.31. The third kappa shape index (κ3) is 2.92. The maximum Gasteiger partial charge on any atom is 0.272 e. The number of nitrogens with zero attached hydrogens (tertiary/aromatic N) is 3. The minimum Gasteiger partial charge on any atom is -0.374 e. The number of rotatable bonds is 4. The molecule has 3 unspecified atom stereocenters. The molecule has 1 N–H and O–H groups in total. The number of H-pyrrole nitrogens is 1. The summed E-state index contributed by atoms with van der Waals surface area (Å²) in [6.07, 6.45) is 6.86. The minimum atomic E-state index is -0.104. The van der Waals surface area contributed by atoms with Crippen molar-refractivity contribution in [2.24, 2.45) is 0 Å². The van der Waals surface area contributed by atoms with Crippen LogP contribution in [0.15, 0.2) is 36.8 Å². The van der Waals surface area contributed by atoms with Gasteiger partial charge in [0.1, 0.15) is 11.8 Å². The Labute approximate surface area is 140 Å². The van der Waals surface area contributed by atoms with Gasteiger partial charge in [0.2, 0.25) is 0 Å². The zero-order chi connectivity index (χ0) is 16.4. The maximum atomic E-state index is 12.8. The molecule has 7 nitrogen and oxygen atoms in total. The zero-order valence-electron chi connectivity index (χ0n) is 13.3. The first-order chi connectivity index (χ1) is 11.8. The Morgan fingerprint density at radius 2 is 2.17 bits per heavy atom. The molecule has 4 rings (SSSR count). The van der Waals surface area contributed by atoms with Gasteiger partial charge in [-0.25, -0.2) is 0 Å². The average Bonchev–Trinajstić information content (AvgIpc) is 3.22.